The van der Waals surface area contributed by atoms with Gasteiger partial charge in [-0.25, -0.2) is 0 Å². The van der Waals surface area contributed by atoms with Crippen molar-refractivity contribution in [1.82, 2.24) is 0 Å². The van der Waals surface area contributed by atoms with Crippen LogP contribution in [0.1, 0.15) is 136 Å². The van der Waals surface area contributed by atoms with Crippen LogP contribution in [0.25, 0.3) is 0 Å². The molecule has 0 aliphatic rings. The van der Waals surface area contributed by atoms with Gasteiger partial charge in [-0.2, -0.15) is 0 Å². The maximum absolute atomic E-state index is 12.8. The smallest absolute Gasteiger partial charge is 0.167 e. The average Bonchev–Trinajstić information content (AvgIpc) is 2.87. The average molecular weight is 463 g/mol. The molecule has 2 aromatic carbocycles. The van der Waals surface area contributed by atoms with Crippen molar-refractivity contribution in [1.29, 1.82) is 0 Å². The molecule has 2 aromatic rings. The molecule has 0 bridgehead atoms. The summed E-state index contributed by atoms with van der Waals surface area (Å²) in [6.07, 6.45) is 20.6. The van der Waals surface area contributed by atoms with E-state index in [1.165, 1.54) is 83.5 Å². The number of hydrogen-bond donors (Lipinski definition) is 0. The van der Waals surface area contributed by atoms with Gasteiger partial charge < -0.3 is 0 Å². The standard InChI is InChI=1S/C32H46O2/c1-2-3-4-5-6-7-8-9-10-11-12-13-14-15-19-26-31(33)29-24-20-21-25-30(29)32(34)27-28-22-17-16-18-23-28/h16-18,20-25H,2-15,19,26-27H2,1H3. The van der Waals surface area contributed by atoms with Gasteiger partial charge in [0.25, 0.3) is 0 Å². The molecule has 34 heavy (non-hydrogen) atoms. The molecule has 0 aliphatic carbocycles. The van der Waals surface area contributed by atoms with E-state index in [0.29, 0.717) is 24.0 Å². The second kappa shape index (κ2) is 18.2. The molecule has 0 N–H and O–H groups in total. The van der Waals surface area contributed by atoms with E-state index in [-0.39, 0.29) is 11.6 Å². The highest BCUT2D eigenvalue weighted by Crippen LogP contribution is 2.18. The molecule has 0 spiro atoms. The molecular weight excluding hydrogens is 416 g/mol. The SMILES string of the molecule is CCCCCCCCCCCCCCCCCC(=O)c1ccccc1C(=O)Cc1ccccc1. The number of hydrogen-bond acceptors (Lipinski definition) is 2. The molecule has 2 rings (SSSR count). The maximum atomic E-state index is 12.8. The Balaban J connectivity index is 1.54. The molecule has 0 atom stereocenters. The zero-order chi connectivity index (χ0) is 24.3. The van der Waals surface area contributed by atoms with E-state index in [1.807, 2.05) is 48.5 Å². The first-order valence-corrected chi connectivity index (χ1v) is 13.9. The zero-order valence-electron chi connectivity index (χ0n) is 21.5. The summed E-state index contributed by atoms with van der Waals surface area (Å²) in [5.41, 5.74) is 2.14. The minimum atomic E-state index is 0.0200. The summed E-state index contributed by atoms with van der Waals surface area (Å²) in [6.45, 7) is 2.27. The number of benzene rings is 2. The Morgan fingerprint density at radius 3 is 1.41 bits per heavy atom. The molecule has 2 heteroatoms. The summed E-state index contributed by atoms with van der Waals surface area (Å²) in [5, 5.41) is 0. The molecule has 0 saturated heterocycles. The largest absolute Gasteiger partial charge is 0.294 e. The van der Waals surface area contributed by atoms with E-state index >= 15 is 0 Å². The highest BCUT2D eigenvalue weighted by atomic mass is 16.1. The third kappa shape index (κ3) is 11.8. The van der Waals surface area contributed by atoms with Crippen LogP contribution in [0, 0.1) is 0 Å². The maximum Gasteiger partial charge on any atom is 0.167 e. The number of rotatable bonds is 20. The molecular formula is C32H46O2. The minimum Gasteiger partial charge on any atom is -0.294 e. The summed E-state index contributed by atoms with van der Waals surface area (Å²) in [7, 11) is 0. The summed E-state index contributed by atoms with van der Waals surface area (Å²) >= 11 is 0. The van der Waals surface area contributed by atoms with Crippen molar-refractivity contribution in [3.63, 3.8) is 0 Å². The Bertz CT molecular complexity index is 809. The number of carbonyl (C=O) groups excluding carboxylic acids is 2. The number of unbranched alkanes of at least 4 members (excludes halogenated alkanes) is 14. The predicted molar refractivity (Wildman–Crippen MR) is 145 cm³/mol. The lowest BCUT2D eigenvalue weighted by Crippen LogP contribution is -2.11. The summed E-state index contributed by atoms with van der Waals surface area (Å²) in [4.78, 5) is 25.6. The zero-order valence-corrected chi connectivity index (χ0v) is 21.5. The topological polar surface area (TPSA) is 34.1 Å². The predicted octanol–water partition coefficient (Wildman–Crippen LogP) is 9.56. The van der Waals surface area contributed by atoms with Gasteiger partial charge in [-0.15, -0.1) is 0 Å². The highest BCUT2D eigenvalue weighted by molar-refractivity contribution is 6.09. The van der Waals surface area contributed by atoms with Gasteiger partial charge in [0, 0.05) is 24.0 Å². The fourth-order valence-electron chi connectivity index (χ4n) is 4.64. The van der Waals surface area contributed by atoms with Crippen LogP contribution in [0.3, 0.4) is 0 Å². The molecule has 0 aliphatic heterocycles. The lowest BCUT2D eigenvalue weighted by Gasteiger charge is -2.08. The van der Waals surface area contributed by atoms with Crippen molar-refractivity contribution in [2.24, 2.45) is 0 Å². The summed E-state index contributed by atoms with van der Waals surface area (Å²) in [6, 6.07) is 17.1. The Morgan fingerprint density at radius 2 is 0.912 bits per heavy atom. The molecule has 2 nitrogen and oxygen atoms in total. The van der Waals surface area contributed by atoms with E-state index in [9.17, 15) is 9.59 Å². The quantitative estimate of drug-likeness (QED) is 0.145. The van der Waals surface area contributed by atoms with Crippen molar-refractivity contribution in [2.45, 2.75) is 116 Å². The van der Waals surface area contributed by atoms with Crippen molar-refractivity contribution < 1.29 is 9.59 Å². The van der Waals surface area contributed by atoms with Crippen LogP contribution in [0.15, 0.2) is 54.6 Å². The molecule has 0 unspecified atom stereocenters. The van der Waals surface area contributed by atoms with E-state index in [4.69, 9.17) is 0 Å². The lowest BCUT2D eigenvalue weighted by molar-refractivity contribution is 0.0952. The third-order valence-corrected chi connectivity index (χ3v) is 6.74. The monoisotopic (exact) mass is 462 g/mol. The van der Waals surface area contributed by atoms with Gasteiger partial charge in [-0.05, 0) is 12.0 Å². The van der Waals surface area contributed by atoms with Gasteiger partial charge in [0.1, 0.15) is 0 Å². The van der Waals surface area contributed by atoms with Crippen LogP contribution in [0.5, 0.6) is 0 Å². The Morgan fingerprint density at radius 1 is 0.500 bits per heavy atom. The van der Waals surface area contributed by atoms with Crippen LogP contribution in [0.4, 0.5) is 0 Å². The first kappa shape index (κ1) is 28.0. The molecule has 0 amide bonds. The molecule has 0 aromatic heterocycles. The van der Waals surface area contributed by atoms with E-state index < -0.39 is 0 Å². The number of Topliss-reactive ketones (excluding diaryl/α,β-unsaturated/α-hetero) is 2. The van der Waals surface area contributed by atoms with Crippen molar-refractivity contribution >= 4 is 11.6 Å². The van der Waals surface area contributed by atoms with E-state index in [1.54, 1.807) is 6.07 Å². The first-order valence-electron chi connectivity index (χ1n) is 13.9. The van der Waals surface area contributed by atoms with Gasteiger partial charge in [-0.3, -0.25) is 9.59 Å². The highest BCUT2D eigenvalue weighted by Gasteiger charge is 2.16. The van der Waals surface area contributed by atoms with Gasteiger partial charge in [0.15, 0.2) is 11.6 Å². The summed E-state index contributed by atoms with van der Waals surface area (Å²) < 4.78 is 0. The van der Waals surface area contributed by atoms with E-state index in [2.05, 4.69) is 6.92 Å². The van der Waals surface area contributed by atoms with Gasteiger partial charge in [0.2, 0.25) is 0 Å². The number of ketones is 2. The van der Waals surface area contributed by atoms with Gasteiger partial charge >= 0.3 is 0 Å². The first-order chi connectivity index (χ1) is 16.7. The van der Waals surface area contributed by atoms with Crippen molar-refractivity contribution in [2.75, 3.05) is 0 Å². The van der Waals surface area contributed by atoms with Crippen LogP contribution >= 0.6 is 0 Å². The van der Waals surface area contributed by atoms with Crippen LogP contribution in [-0.4, -0.2) is 11.6 Å². The van der Waals surface area contributed by atoms with E-state index in [0.717, 1.165) is 18.4 Å². The second-order valence-corrected chi connectivity index (χ2v) is 9.75. The lowest BCUT2D eigenvalue weighted by atomic mass is 9.94. The van der Waals surface area contributed by atoms with Crippen LogP contribution in [-0.2, 0) is 6.42 Å². The van der Waals surface area contributed by atoms with Gasteiger partial charge in [0.05, 0.1) is 0 Å². The molecule has 0 saturated carbocycles. The third-order valence-electron chi connectivity index (χ3n) is 6.74. The van der Waals surface area contributed by atoms with Crippen LogP contribution in [0.2, 0.25) is 0 Å². The Kier molecular flexibility index (Phi) is 15.0. The Labute approximate surface area is 208 Å². The molecule has 0 radical (unpaired) electrons. The van der Waals surface area contributed by atoms with Crippen molar-refractivity contribution in [3.8, 4) is 0 Å². The molecule has 186 valence electrons. The second-order valence-electron chi connectivity index (χ2n) is 9.75. The number of carbonyl (C=O) groups is 2. The normalized spacial score (nSPS) is 11.0. The minimum absolute atomic E-state index is 0.0200. The Hall–Kier alpha value is -2.22. The fourth-order valence-corrected chi connectivity index (χ4v) is 4.64. The molecule has 0 fully saturated rings. The van der Waals surface area contributed by atoms with Crippen LogP contribution < -0.4 is 0 Å². The summed E-state index contributed by atoms with van der Waals surface area (Å²) in [5.74, 6) is 0.123. The van der Waals surface area contributed by atoms with Crippen molar-refractivity contribution in [3.05, 3.63) is 71.3 Å². The fraction of sp³-hybridized carbons (Fsp3) is 0.562. The molecule has 0 heterocycles. The van der Waals surface area contributed by atoms with Gasteiger partial charge in [-0.1, -0.05) is 151 Å².